The number of oxazole rings is 1. The van der Waals surface area contributed by atoms with Crippen LogP contribution in [0.25, 0.3) is 11.3 Å². The zero-order valence-corrected chi connectivity index (χ0v) is 11.3. The minimum absolute atomic E-state index is 0.0503. The summed E-state index contributed by atoms with van der Waals surface area (Å²) in [6.45, 7) is 0. The number of nitrogens with two attached hydrogens (primary N) is 1. The Kier molecular flexibility index (Phi) is 3.12. The second-order valence-electron chi connectivity index (χ2n) is 4.53. The summed E-state index contributed by atoms with van der Waals surface area (Å²) in [5.41, 5.74) is 7.24. The molecule has 1 aromatic carbocycles. The minimum atomic E-state index is -0.174. The van der Waals surface area contributed by atoms with Gasteiger partial charge in [0.05, 0.1) is 34.8 Å². The molecule has 4 N–H and O–H groups in total. The average Bonchev–Trinajstić information content (AvgIpc) is 3.06. The molecule has 2 heterocycles. The van der Waals surface area contributed by atoms with Gasteiger partial charge in [-0.15, -0.1) is 0 Å². The Bertz CT molecular complexity index is 883. The minimum Gasteiger partial charge on any atom is -0.443 e. The lowest BCUT2D eigenvalue weighted by molar-refractivity contribution is 0.546. The Morgan fingerprint density at radius 1 is 1.23 bits per heavy atom. The summed E-state index contributed by atoms with van der Waals surface area (Å²) in [5.74, 6) is 0.272. The molecule has 0 spiro atoms. The molecule has 0 atom stereocenters. The first-order chi connectivity index (χ1) is 10.6. The number of amidine groups is 1. The van der Waals surface area contributed by atoms with E-state index in [1.54, 1.807) is 24.3 Å². The van der Waals surface area contributed by atoms with Crippen molar-refractivity contribution in [1.82, 2.24) is 4.98 Å². The highest BCUT2D eigenvalue weighted by molar-refractivity contribution is 6.77. The van der Waals surface area contributed by atoms with Crippen molar-refractivity contribution in [2.75, 3.05) is 0 Å². The fourth-order valence-electron chi connectivity index (χ4n) is 2.13. The zero-order valence-electron chi connectivity index (χ0n) is 11.3. The smallest absolute Gasteiger partial charge is 0.181 e. The molecule has 3 rings (SSSR count). The topological polar surface area (TPSA) is 136 Å². The van der Waals surface area contributed by atoms with Crippen molar-refractivity contribution >= 4 is 28.5 Å². The molecule has 1 aliphatic rings. The van der Waals surface area contributed by atoms with Crippen molar-refractivity contribution in [3.63, 3.8) is 0 Å². The molecule has 1 aliphatic heterocycles. The molecule has 7 heteroatoms. The van der Waals surface area contributed by atoms with Crippen LogP contribution in [-0.2, 0) is 0 Å². The van der Waals surface area contributed by atoms with Crippen molar-refractivity contribution in [3.8, 4) is 6.07 Å². The first kappa shape index (κ1) is 13.5. The lowest BCUT2D eigenvalue weighted by Gasteiger charge is -2.18. The van der Waals surface area contributed by atoms with E-state index in [0.29, 0.717) is 28.2 Å². The normalized spacial score (nSPS) is 14.8. The number of nitrogens with zero attached hydrogens (tertiary/aromatic N) is 3. The number of allylic oxidation sites excluding steroid dienone is 1. The first-order valence-electron chi connectivity index (χ1n) is 6.28. The van der Waals surface area contributed by atoms with E-state index in [2.05, 4.69) is 16.0 Å². The van der Waals surface area contributed by atoms with Crippen LogP contribution in [0.1, 0.15) is 16.9 Å². The van der Waals surface area contributed by atoms with E-state index in [1.165, 1.54) is 12.6 Å². The molecule has 0 saturated carbocycles. The number of nitriles is 1. The fraction of sp³-hybridized carbons (Fsp3) is 0. The van der Waals surface area contributed by atoms with Crippen LogP contribution in [0.3, 0.4) is 0 Å². The number of rotatable bonds is 2. The van der Waals surface area contributed by atoms with E-state index in [1.807, 2.05) is 0 Å². The van der Waals surface area contributed by atoms with Crippen LogP contribution in [0.5, 0.6) is 0 Å². The number of aromatic nitrogens is 1. The summed E-state index contributed by atoms with van der Waals surface area (Å²) in [5, 5.41) is 25.0. The number of benzene rings is 1. The first-order valence-corrected chi connectivity index (χ1v) is 6.28. The monoisotopic (exact) mass is 290 g/mol. The quantitative estimate of drug-likeness (QED) is 0.776. The van der Waals surface area contributed by atoms with E-state index < -0.39 is 0 Å². The largest absolute Gasteiger partial charge is 0.443 e. The molecule has 1 aromatic heterocycles. The SMILES string of the molecule is N#Cc1cccc(C2=C(c3cnco3)C(=N)C(=N)C(N)=N2)c1. The Morgan fingerprint density at radius 2 is 2.05 bits per heavy atom. The fourth-order valence-corrected chi connectivity index (χ4v) is 2.13. The number of hydrogen-bond acceptors (Lipinski definition) is 7. The summed E-state index contributed by atoms with van der Waals surface area (Å²) < 4.78 is 5.25. The van der Waals surface area contributed by atoms with Crippen LogP contribution in [-0.4, -0.2) is 22.2 Å². The lowest BCUT2D eigenvalue weighted by atomic mass is 9.94. The predicted octanol–water partition coefficient (Wildman–Crippen LogP) is 1.82. The molecular formula is C15H10N6O. The molecular weight excluding hydrogens is 280 g/mol. The molecule has 0 radical (unpaired) electrons. The molecule has 2 aromatic rings. The van der Waals surface area contributed by atoms with E-state index in [9.17, 15) is 0 Å². The Hall–Kier alpha value is -3.53. The highest BCUT2D eigenvalue weighted by Crippen LogP contribution is 2.31. The van der Waals surface area contributed by atoms with Gasteiger partial charge in [0, 0.05) is 5.56 Å². The van der Waals surface area contributed by atoms with Gasteiger partial charge in [-0.1, -0.05) is 12.1 Å². The molecule has 0 aliphatic carbocycles. The van der Waals surface area contributed by atoms with Crippen LogP contribution in [0, 0.1) is 22.1 Å². The molecule has 0 fully saturated rings. The van der Waals surface area contributed by atoms with Gasteiger partial charge in [0.15, 0.2) is 18.0 Å². The van der Waals surface area contributed by atoms with E-state index >= 15 is 0 Å². The molecule has 22 heavy (non-hydrogen) atoms. The van der Waals surface area contributed by atoms with Crippen molar-refractivity contribution < 1.29 is 4.42 Å². The summed E-state index contributed by atoms with van der Waals surface area (Å²) >= 11 is 0. The van der Waals surface area contributed by atoms with Gasteiger partial charge < -0.3 is 10.2 Å². The van der Waals surface area contributed by atoms with Crippen molar-refractivity contribution in [1.29, 1.82) is 16.1 Å². The molecule has 0 saturated heterocycles. The predicted molar refractivity (Wildman–Crippen MR) is 81.5 cm³/mol. The third-order valence-electron chi connectivity index (χ3n) is 3.17. The van der Waals surface area contributed by atoms with Crippen LogP contribution in [0.2, 0.25) is 0 Å². The Balaban J connectivity index is 2.29. The van der Waals surface area contributed by atoms with Crippen LogP contribution in [0.4, 0.5) is 0 Å². The van der Waals surface area contributed by atoms with Gasteiger partial charge in [-0.3, -0.25) is 10.8 Å². The number of aliphatic imine (C=N–C) groups is 1. The summed E-state index contributed by atoms with van der Waals surface area (Å²) in [4.78, 5) is 8.05. The van der Waals surface area contributed by atoms with Crippen molar-refractivity contribution in [3.05, 3.63) is 53.7 Å². The molecule has 0 amide bonds. The van der Waals surface area contributed by atoms with Gasteiger partial charge in [-0.25, -0.2) is 9.98 Å². The van der Waals surface area contributed by atoms with Gasteiger partial charge in [0.1, 0.15) is 5.71 Å². The number of hydrogen-bond donors (Lipinski definition) is 3. The van der Waals surface area contributed by atoms with Gasteiger partial charge in [0.2, 0.25) is 0 Å². The molecule has 106 valence electrons. The summed E-state index contributed by atoms with van der Waals surface area (Å²) in [6.07, 6.45) is 2.69. The van der Waals surface area contributed by atoms with Crippen molar-refractivity contribution in [2.24, 2.45) is 10.7 Å². The second kappa shape index (κ2) is 5.10. The summed E-state index contributed by atoms with van der Waals surface area (Å²) in [7, 11) is 0. The van der Waals surface area contributed by atoms with Crippen molar-refractivity contribution in [2.45, 2.75) is 0 Å². The van der Waals surface area contributed by atoms with Crippen LogP contribution < -0.4 is 5.73 Å². The molecule has 0 bridgehead atoms. The van der Waals surface area contributed by atoms with Crippen LogP contribution >= 0.6 is 0 Å². The molecule has 0 unspecified atom stereocenters. The van der Waals surface area contributed by atoms with Gasteiger partial charge >= 0.3 is 0 Å². The third kappa shape index (κ3) is 2.09. The maximum atomic E-state index is 9.02. The lowest BCUT2D eigenvalue weighted by Crippen LogP contribution is -2.33. The maximum Gasteiger partial charge on any atom is 0.181 e. The highest BCUT2D eigenvalue weighted by atomic mass is 16.3. The Morgan fingerprint density at radius 3 is 2.73 bits per heavy atom. The van der Waals surface area contributed by atoms with Gasteiger partial charge in [0.25, 0.3) is 0 Å². The van der Waals surface area contributed by atoms with E-state index in [-0.39, 0.29) is 17.3 Å². The van der Waals surface area contributed by atoms with Gasteiger partial charge in [-0.2, -0.15) is 5.26 Å². The van der Waals surface area contributed by atoms with Gasteiger partial charge in [-0.05, 0) is 12.1 Å². The highest BCUT2D eigenvalue weighted by Gasteiger charge is 2.28. The second-order valence-corrected chi connectivity index (χ2v) is 4.53. The third-order valence-corrected chi connectivity index (χ3v) is 3.17. The molecule has 7 nitrogen and oxygen atoms in total. The Labute approximate surface area is 125 Å². The average molecular weight is 290 g/mol. The maximum absolute atomic E-state index is 9.02. The van der Waals surface area contributed by atoms with Crippen LogP contribution in [0.15, 0.2) is 46.3 Å². The summed E-state index contributed by atoms with van der Waals surface area (Å²) in [6, 6.07) is 8.84. The van der Waals surface area contributed by atoms with E-state index in [4.69, 9.17) is 26.2 Å². The van der Waals surface area contributed by atoms with E-state index in [0.717, 1.165) is 0 Å². The standard InChI is InChI=1S/C15H10N6O/c16-5-8-2-1-3-9(4-8)14-11(10-6-20-7-22-10)12(17)13(18)15(19)21-14/h1-4,6-7,17-18H,(H2,19,21). The number of nitrogens with one attached hydrogen (secondary N) is 2. The zero-order chi connectivity index (χ0) is 15.7.